The first-order chi connectivity index (χ1) is 9.95. The van der Waals surface area contributed by atoms with Crippen molar-refractivity contribution in [1.29, 1.82) is 0 Å². The highest BCUT2D eigenvalue weighted by molar-refractivity contribution is 6.01. The Hall–Kier alpha value is -1.40. The number of carbonyl (C=O) groups is 1. The van der Waals surface area contributed by atoms with Crippen LogP contribution in [0.1, 0.15) is 37.2 Å². The largest absolute Gasteiger partial charge is 0.493 e. The average molecular weight is 296 g/mol. The molecule has 1 heterocycles. The van der Waals surface area contributed by atoms with E-state index >= 15 is 0 Å². The van der Waals surface area contributed by atoms with Gasteiger partial charge in [0.1, 0.15) is 5.69 Å². The molecule has 0 bridgehead atoms. The van der Waals surface area contributed by atoms with Crippen LogP contribution in [-0.2, 0) is 6.54 Å². The lowest BCUT2D eigenvalue weighted by Crippen LogP contribution is -2.39. The zero-order valence-corrected chi connectivity index (χ0v) is 13.8. The maximum absolute atomic E-state index is 13.0. The number of Topliss-reactive ketones (excluding diaryl/α,β-unsaturated/α-hetero) is 1. The fraction of sp³-hybridized carbons (Fsp3) is 0.733. The smallest absolute Gasteiger partial charge is 0.192 e. The van der Waals surface area contributed by atoms with E-state index < -0.39 is 5.41 Å². The summed E-state index contributed by atoms with van der Waals surface area (Å²) in [5.41, 5.74) is 5.90. The van der Waals surface area contributed by atoms with E-state index in [1.165, 1.54) is 0 Å². The van der Waals surface area contributed by atoms with Crippen molar-refractivity contribution in [3.8, 4) is 5.75 Å². The molecule has 6 nitrogen and oxygen atoms in total. The first kappa shape index (κ1) is 17.7. The van der Waals surface area contributed by atoms with Gasteiger partial charge in [-0.15, -0.1) is 0 Å². The van der Waals surface area contributed by atoms with Crippen molar-refractivity contribution >= 4 is 5.78 Å². The van der Waals surface area contributed by atoms with Crippen molar-refractivity contribution in [3.05, 3.63) is 11.9 Å². The van der Waals surface area contributed by atoms with Crippen LogP contribution in [0.2, 0.25) is 0 Å². The number of aromatic nitrogens is 2. The molecule has 21 heavy (non-hydrogen) atoms. The Kier molecular flexibility index (Phi) is 6.36. The molecule has 1 rings (SSSR count). The predicted molar refractivity (Wildman–Crippen MR) is 83.7 cm³/mol. The number of carbonyl (C=O) groups excluding carboxylic acids is 1. The molecule has 6 heteroatoms. The van der Waals surface area contributed by atoms with Gasteiger partial charge in [0.25, 0.3) is 0 Å². The highest BCUT2D eigenvalue weighted by Gasteiger charge is 2.37. The maximum atomic E-state index is 13.0. The molecule has 1 aromatic rings. The molecule has 0 aromatic carbocycles. The third kappa shape index (κ3) is 3.63. The molecule has 0 radical (unpaired) electrons. The van der Waals surface area contributed by atoms with E-state index in [-0.39, 0.29) is 5.78 Å². The van der Waals surface area contributed by atoms with Gasteiger partial charge in [-0.3, -0.25) is 9.48 Å². The van der Waals surface area contributed by atoms with Crippen LogP contribution in [0.25, 0.3) is 0 Å². The molecule has 0 amide bonds. The first-order valence-electron chi connectivity index (χ1n) is 7.45. The molecular weight excluding hydrogens is 268 g/mol. The van der Waals surface area contributed by atoms with Crippen molar-refractivity contribution in [2.75, 3.05) is 34.3 Å². The number of likely N-dealkylation sites (N-methyl/N-ethyl adjacent to an activating group) is 1. The number of ketones is 1. The minimum atomic E-state index is -0.539. The highest BCUT2D eigenvalue weighted by atomic mass is 16.5. The highest BCUT2D eigenvalue weighted by Crippen LogP contribution is 2.33. The fourth-order valence-electron chi connectivity index (χ4n) is 2.41. The lowest BCUT2D eigenvalue weighted by Gasteiger charge is -2.28. The quantitative estimate of drug-likeness (QED) is 0.697. The van der Waals surface area contributed by atoms with Crippen LogP contribution in [0.4, 0.5) is 0 Å². The van der Waals surface area contributed by atoms with Gasteiger partial charge < -0.3 is 15.4 Å². The Labute approximate surface area is 127 Å². The molecule has 0 atom stereocenters. The topological polar surface area (TPSA) is 73.4 Å². The van der Waals surface area contributed by atoms with Crippen LogP contribution in [0.15, 0.2) is 6.20 Å². The Morgan fingerprint density at radius 1 is 1.43 bits per heavy atom. The van der Waals surface area contributed by atoms with Crippen molar-refractivity contribution in [2.24, 2.45) is 11.1 Å². The molecule has 2 N–H and O–H groups in total. The van der Waals surface area contributed by atoms with Crippen molar-refractivity contribution in [1.82, 2.24) is 14.7 Å². The summed E-state index contributed by atoms with van der Waals surface area (Å²) < 4.78 is 7.06. The van der Waals surface area contributed by atoms with Crippen LogP contribution in [0.5, 0.6) is 5.75 Å². The normalized spacial score (nSPS) is 12.0. The minimum Gasteiger partial charge on any atom is -0.493 e. The van der Waals surface area contributed by atoms with Crippen LogP contribution < -0.4 is 10.5 Å². The van der Waals surface area contributed by atoms with E-state index in [0.717, 1.165) is 6.54 Å². The molecule has 120 valence electrons. The lowest BCUT2D eigenvalue weighted by atomic mass is 9.77. The number of hydrogen-bond acceptors (Lipinski definition) is 5. The summed E-state index contributed by atoms with van der Waals surface area (Å²) in [6.45, 7) is 5.79. The Morgan fingerprint density at radius 2 is 2.05 bits per heavy atom. The number of methoxy groups -OCH3 is 1. The Morgan fingerprint density at radius 3 is 2.48 bits per heavy atom. The predicted octanol–water partition coefficient (Wildman–Crippen LogP) is 1.40. The maximum Gasteiger partial charge on any atom is 0.192 e. The number of hydrogen-bond donors (Lipinski definition) is 1. The fourth-order valence-corrected chi connectivity index (χ4v) is 2.41. The standard InChI is InChI=1S/C15H28N4O2/c1-6-15(7-2,11-16)14(20)13-12(21-5)10-17-19(13)9-8-18(3)4/h10H,6-9,11,16H2,1-5H3. The zero-order valence-electron chi connectivity index (χ0n) is 13.8. The molecule has 0 unspecified atom stereocenters. The summed E-state index contributed by atoms with van der Waals surface area (Å²) in [7, 11) is 5.54. The molecule has 0 fully saturated rings. The van der Waals surface area contributed by atoms with Crippen LogP contribution in [0, 0.1) is 5.41 Å². The number of nitrogens with zero attached hydrogens (tertiary/aromatic N) is 3. The minimum absolute atomic E-state index is 0.0307. The average Bonchev–Trinajstić information content (AvgIpc) is 2.90. The summed E-state index contributed by atoms with van der Waals surface area (Å²) in [4.78, 5) is 15.1. The SMILES string of the molecule is CCC(CC)(CN)C(=O)c1c(OC)cnn1CCN(C)C. The second kappa shape index (κ2) is 7.56. The lowest BCUT2D eigenvalue weighted by molar-refractivity contribution is 0.0771. The van der Waals surface area contributed by atoms with Gasteiger partial charge in [0.2, 0.25) is 0 Å². The van der Waals surface area contributed by atoms with Gasteiger partial charge in [0.15, 0.2) is 11.5 Å². The van der Waals surface area contributed by atoms with Gasteiger partial charge in [-0.05, 0) is 26.9 Å². The zero-order chi connectivity index (χ0) is 16.0. The van der Waals surface area contributed by atoms with E-state index in [4.69, 9.17) is 10.5 Å². The second-order valence-corrected chi connectivity index (χ2v) is 5.61. The summed E-state index contributed by atoms with van der Waals surface area (Å²) in [6.07, 6.45) is 3.02. The number of rotatable bonds is 9. The summed E-state index contributed by atoms with van der Waals surface area (Å²) in [5, 5.41) is 4.30. The summed E-state index contributed by atoms with van der Waals surface area (Å²) in [5.74, 6) is 0.557. The molecule has 0 aliphatic carbocycles. The van der Waals surface area contributed by atoms with Crippen molar-refractivity contribution < 1.29 is 9.53 Å². The van der Waals surface area contributed by atoms with Crippen molar-refractivity contribution in [2.45, 2.75) is 33.2 Å². The van der Waals surface area contributed by atoms with Crippen molar-refractivity contribution in [3.63, 3.8) is 0 Å². The van der Waals surface area contributed by atoms with Gasteiger partial charge in [0, 0.05) is 18.5 Å². The summed E-state index contributed by atoms with van der Waals surface area (Å²) in [6, 6.07) is 0. The van der Waals surface area contributed by atoms with E-state index in [2.05, 4.69) is 10.00 Å². The molecule has 0 spiro atoms. The molecular formula is C15H28N4O2. The van der Waals surface area contributed by atoms with E-state index in [0.29, 0.717) is 37.4 Å². The van der Waals surface area contributed by atoms with Crippen LogP contribution in [0.3, 0.4) is 0 Å². The Bertz CT molecular complexity index is 456. The molecule has 0 aliphatic heterocycles. The van der Waals surface area contributed by atoms with Gasteiger partial charge in [-0.25, -0.2) is 0 Å². The van der Waals surface area contributed by atoms with E-state index in [1.807, 2.05) is 27.9 Å². The summed E-state index contributed by atoms with van der Waals surface area (Å²) >= 11 is 0. The first-order valence-corrected chi connectivity index (χ1v) is 7.45. The third-order valence-corrected chi connectivity index (χ3v) is 4.23. The van der Waals surface area contributed by atoms with Crippen LogP contribution in [-0.4, -0.2) is 54.8 Å². The van der Waals surface area contributed by atoms with Crippen LogP contribution >= 0.6 is 0 Å². The second-order valence-electron chi connectivity index (χ2n) is 5.61. The number of nitrogens with two attached hydrogens (primary N) is 1. The van der Waals surface area contributed by atoms with Gasteiger partial charge >= 0.3 is 0 Å². The monoisotopic (exact) mass is 296 g/mol. The molecule has 0 saturated carbocycles. The molecule has 0 saturated heterocycles. The third-order valence-electron chi connectivity index (χ3n) is 4.23. The van der Waals surface area contributed by atoms with Gasteiger partial charge in [-0.1, -0.05) is 13.8 Å². The number of ether oxygens (including phenoxy) is 1. The van der Waals surface area contributed by atoms with Gasteiger partial charge in [-0.2, -0.15) is 5.10 Å². The molecule has 0 aliphatic rings. The van der Waals surface area contributed by atoms with Gasteiger partial charge in [0.05, 0.1) is 19.9 Å². The molecule has 1 aromatic heterocycles. The van der Waals surface area contributed by atoms with E-state index in [1.54, 1.807) is 18.0 Å². The Balaban J connectivity index is 3.19. The van der Waals surface area contributed by atoms with E-state index in [9.17, 15) is 4.79 Å².